The Morgan fingerprint density at radius 3 is 2.67 bits per heavy atom. The van der Waals surface area contributed by atoms with E-state index in [1.807, 2.05) is 13.8 Å². The molecule has 1 heterocycles. The van der Waals surface area contributed by atoms with Crippen molar-refractivity contribution in [3.8, 4) is 0 Å². The lowest BCUT2D eigenvalue weighted by Crippen LogP contribution is -2.66. The predicted octanol–water partition coefficient (Wildman–Crippen LogP) is -0.362. The average molecular weight is 255 g/mol. The Hall–Kier alpha value is -1.43. The third kappa shape index (κ3) is 3.07. The van der Waals surface area contributed by atoms with Crippen molar-refractivity contribution in [2.24, 2.45) is 0 Å². The quantitative estimate of drug-likeness (QED) is 0.672. The van der Waals surface area contributed by atoms with E-state index in [1.165, 1.54) is 4.90 Å². The van der Waals surface area contributed by atoms with E-state index in [2.05, 4.69) is 10.6 Å². The zero-order valence-electron chi connectivity index (χ0n) is 11.4. The van der Waals surface area contributed by atoms with Crippen molar-refractivity contribution >= 4 is 17.7 Å². The van der Waals surface area contributed by atoms with Crippen LogP contribution in [-0.2, 0) is 14.4 Å². The summed E-state index contributed by atoms with van der Waals surface area (Å²) in [6, 6.07) is 0.228. The first kappa shape index (κ1) is 14.6. The average Bonchev–Trinajstić information content (AvgIpc) is 2.30. The third-order valence-corrected chi connectivity index (χ3v) is 3.30. The van der Waals surface area contributed by atoms with Gasteiger partial charge in [-0.3, -0.25) is 19.7 Å². The van der Waals surface area contributed by atoms with Crippen molar-refractivity contribution in [3.63, 3.8) is 0 Å². The molecule has 1 rings (SSSR count). The SMILES string of the molecule is CCC(C)NCC(=O)N1CC(=O)NC(=O)C1(C)C. The Kier molecular flexibility index (Phi) is 4.45. The standard InChI is InChI=1S/C12H21N3O3/c1-5-8(2)13-6-10(17)15-7-9(16)14-11(18)12(15,3)4/h8,13H,5-7H2,1-4H3,(H,14,16,18). The third-order valence-electron chi connectivity index (χ3n) is 3.30. The van der Waals surface area contributed by atoms with Gasteiger partial charge in [0.15, 0.2) is 0 Å². The number of carbonyl (C=O) groups is 3. The van der Waals surface area contributed by atoms with Gasteiger partial charge in [0.1, 0.15) is 12.1 Å². The Balaban J connectivity index is 2.70. The zero-order chi connectivity index (χ0) is 13.9. The lowest BCUT2D eigenvalue weighted by Gasteiger charge is -2.40. The molecule has 1 atom stereocenters. The highest BCUT2D eigenvalue weighted by Crippen LogP contribution is 2.17. The van der Waals surface area contributed by atoms with Crippen molar-refractivity contribution in [3.05, 3.63) is 0 Å². The Bertz CT molecular complexity index is 366. The fourth-order valence-corrected chi connectivity index (χ4v) is 1.68. The minimum absolute atomic E-state index is 0.0697. The molecule has 1 fully saturated rings. The highest BCUT2D eigenvalue weighted by atomic mass is 16.2. The molecule has 0 aromatic rings. The first-order valence-electron chi connectivity index (χ1n) is 6.17. The molecule has 0 spiro atoms. The summed E-state index contributed by atoms with van der Waals surface area (Å²) < 4.78 is 0. The molecule has 0 bridgehead atoms. The number of hydrogen-bond donors (Lipinski definition) is 2. The van der Waals surface area contributed by atoms with Gasteiger partial charge in [-0.15, -0.1) is 0 Å². The summed E-state index contributed by atoms with van der Waals surface area (Å²) in [5.74, 6) is -1.10. The maximum absolute atomic E-state index is 12.1. The van der Waals surface area contributed by atoms with Crippen LogP contribution in [0.4, 0.5) is 0 Å². The number of imide groups is 1. The fraction of sp³-hybridized carbons (Fsp3) is 0.750. The molecule has 3 amide bonds. The number of piperazine rings is 1. The van der Waals surface area contributed by atoms with E-state index in [0.29, 0.717) is 0 Å². The lowest BCUT2D eigenvalue weighted by atomic mass is 9.98. The summed E-state index contributed by atoms with van der Waals surface area (Å²) in [6.07, 6.45) is 0.913. The number of nitrogens with one attached hydrogen (secondary N) is 2. The molecule has 0 aromatic carbocycles. The minimum Gasteiger partial charge on any atom is -0.318 e. The van der Waals surface area contributed by atoms with Gasteiger partial charge in [-0.1, -0.05) is 6.92 Å². The summed E-state index contributed by atoms with van der Waals surface area (Å²) >= 11 is 0. The first-order valence-corrected chi connectivity index (χ1v) is 6.17. The van der Waals surface area contributed by atoms with Gasteiger partial charge in [-0.2, -0.15) is 0 Å². The topological polar surface area (TPSA) is 78.5 Å². The van der Waals surface area contributed by atoms with Crippen LogP contribution in [0.15, 0.2) is 0 Å². The van der Waals surface area contributed by atoms with Crippen LogP contribution < -0.4 is 10.6 Å². The molecule has 6 heteroatoms. The Labute approximate surface area is 107 Å². The molecule has 1 aliphatic heterocycles. The van der Waals surface area contributed by atoms with Crippen molar-refractivity contribution in [1.29, 1.82) is 0 Å². The molecule has 102 valence electrons. The molecule has 1 unspecified atom stereocenters. The second-order valence-corrected chi connectivity index (χ2v) is 5.11. The maximum Gasteiger partial charge on any atom is 0.252 e. The van der Waals surface area contributed by atoms with Gasteiger partial charge in [0.05, 0.1) is 6.54 Å². The van der Waals surface area contributed by atoms with E-state index in [0.717, 1.165) is 6.42 Å². The van der Waals surface area contributed by atoms with E-state index in [4.69, 9.17) is 0 Å². The van der Waals surface area contributed by atoms with Crippen LogP contribution in [0, 0.1) is 0 Å². The molecule has 1 aliphatic rings. The number of nitrogens with zero attached hydrogens (tertiary/aromatic N) is 1. The van der Waals surface area contributed by atoms with Gasteiger partial charge >= 0.3 is 0 Å². The molecule has 0 saturated carbocycles. The number of carbonyl (C=O) groups excluding carboxylic acids is 3. The van der Waals surface area contributed by atoms with Crippen LogP contribution in [0.5, 0.6) is 0 Å². The summed E-state index contributed by atoms with van der Waals surface area (Å²) in [5.41, 5.74) is -0.984. The summed E-state index contributed by atoms with van der Waals surface area (Å²) in [7, 11) is 0. The van der Waals surface area contributed by atoms with Gasteiger partial charge < -0.3 is 10.2 Å². The predicted molar refractivity (Wildman–Crippen MR) is 66.7 cm³/mol. The monoisotopic (exact) mass is 255 g/mol. The van der Waals surface area contributed by atoms with Gasteiger partial charge in [0, 0.05) is 6.04 Å². The second kappa shape index (κ2) is 5.48. The van der Waals surface area contributed by atoms with Crippen LogP contribution in [0.2, 0.25) is 0 Å². The molecule has 2 N–H and O–H groups in total. The van der Waals surface area contributed by atoms with Crippen molar-refractivity contribution < 1.29 is 14.4 Å². The van der Waals surface area contributed by atoms with Crippen molar-refractivity contribution in [2.45, 2.75) is 45.7 Å². The Morgan fingerprint density at radius 2 is 2.11 bits per heavy atom. The fourth-order valence-electron chi connectivity index (χ4n) is 1.68. The molecule has 0 radical (unpaired) electrons. The Morgan fingerprint density at radius 1 is 1.50 bits per heavy atom. The number of amides is 3. The molecular weight excluding hydrogens is 234 g/mol. The van der Waals surface area contributed by atoms with E-state index in [9.17, 15) is 14.4 Å². The molecule has 0 aliphatic carbocycles. The summed E-state index contributed by atoms with van der Waals surface area (Å²) in [5, 5.41) is 5.30. The van der Waals surface area contributed by atoms with Gasteiger partial charge in [-0.05, 0) is 27.2 Å². The minimum atomic E-state index is -0.984. The van der Waals surface area contributed by atoms with Gasteiger partial charge in [0.2, 0.25) is 11.8 Å². The second-order valence-electron chi connectivity index (χ2n) is 5.11. The summed E-state index contributed by atoms with van der Waals surface area (Å²) in [6.45, 7) is 7.33. The van der Waals surface area contributed by atoms with Crippen LogP contribution in [0.3, 0.4) is 0 Å². The normalized spacial score (nSPS) is 20.6. The lowest BCUT2D eigenvalue weighted by molar-refractivity contribution is -0.155. The summed E-state index contributed by atoms with van der Waals surface area (Å²) in [4.78, 5) is 36.4. The van der Waals surface area contributed by atoms with Crippen molar-refractivity contribution in [2.75, 3.05) is 13.1 Å². The van der Waals surface area contributed by atoms with Crippen LogP contribution in [-0.4, -0.2) is 47.3 Å². The number of hydrogen-bond acceptors (Lipinski definition) is 4. The van der Waals surface area contributed by atoms with E-state index < -0.39 is 17.4 Å². The highest BCUT2D eigenvalue weighted by molar-refractivity contribution is 6.06. The molecule has 6 nitrogen and oxygen atoms in total. The van der Waals surface area contributed by atoms with Crippen LogP contribution in [0.1, 0.15) is 34.1 Å². The van der Waals surface area contributed by atoms with Crippen LogP contribution in [0.25, 0.3) is 0 Å². The zero-order valence-corrected chi connectivity index (χ0v) is 11.4. The molecular formula is C12H21N3O3. The molecule has 1 saturated heterocycles. The van der Waals surface area contributed by atoms with Gasteiger partial charge in [-0.25, -0.2) is 0 Å². The van der Waals surface area contributed by atoms with E-state index >= 15 is 0 Å². The first-order chi connectivity index (χ1) is 8.28. The van der Waals surface area contributed by atoms with Crippen molar-refractivity contribution in [1.82, 2.24) is 15.5 Å². The van der Waals surface area contributed by atoms with E-state index in [1.54, 1.807) is 13.8 Å². The number of rotatable bonds is 4. The van der Waals surface area contributed by atoms with Crippen LogP contribution >= 0.6 is 0 Å². The molecule has 18 heavy (non-hydrogen) atoms. The maximum atomic E-state index is 12.1. The van der Waals surface area contributed by atoms with Gasteiger partial charge in [0.25, 0.3) is 5.91 Å². The highest BCUT2D eigenvalue weighted by Gasteiger charge is 2.43. The van der Waals surface area contributed by atoms with E-state index in [-0.39, 0.29) is 25.0 Å². The largest absolute Gasteiger partial charge is 0.318 e. The molecule has 0 aromatic heterocycles. The smallest absolute Gasteiger partial charge is 0.252 e.